The van der Waals surface area contributed by atoms with E-state index in [2.05, 4.69) is 22.5 Å². The van der Waals surface area contributed by atoms with Crippen LogP contribution in [0.4, 0.5) is 5.69 Å². The summed E-state index contributed by atoms with van der Waals surface area (Å²) in [5.41, 5.74) is 2.54. The first-order valence-electron chi connectivity index (χ1n) is 6.28. The number of aromatic nitrogens is 1. The van der Waals surface area contributed by atoms with Crippen LogP contribution in [0.15, 0.2) is 35.3 Å². The number of carbonyl (C=O) groups is 1. The van der Waals surface area contributed by atoms with Gasteiger partial charge in [0.05, 0.1) is 17.4 Å². The standard InChI is InChI=1S/C14H17N3OS/c1-2-5-16-13-9-15-6-3-12(13)14(18)17-8-11-4-7-19-10-11/h3-4,6-7,9-10,16H,2,5,8H2,1H3,(H,17,18). The van der Waals surface area contributed by atoms with Gasteiger partial charge in [0.25, 0.3) is 5.91 Å². The molecule has 2 N–H and O–H groups in total. The molecule has 5 heteroatoms. The lowest BCUT2D eigenvalue weighted by molar-refractivity contribution is 0.0951. The van der Waals surface area contributed by atoms with Crippen LogP contribution in [0.1, 0.15) is 29.3 Å². The molecule has 0 atom stereocenters. The number of amides is 1. The number of nitrogens with one attached hydrogen (secondary N) is 2. The van der Waals surface area contributed by atoms with Gasteiger partial charge in [-0.15, -0.1) is 0 Å². The Morgan fingerprint density at radius 2 is 2.32 bits per heavy atom. The van der Waals surface area contributed by atoms with E-state index in [1.807, 2.05) is 16.8 Å². The molecule has 2 aromatic rings. The van der Waals surface area contributed by atoms with E-state index >= 15 is 0 Å². The predicted molar refractivity (Wildman–Crippen MR) is 78.5 cm³/mol. The van der Waals surface area contributed by atoms with Crippen LogP contribution in [-0.2, 0) is 6.54 Å². The SMILES string of the molecule is CCCNc1cnccc1C(=O)NCc1ccsc1. The summed E-state index contributed by atoms with van der Waals surface area (Å²) < 4.78 is 0. The van der Waals surface area contributed by atoms with Crippen LogP contribution < -0.4 is 10.6 Å². The van der Waals surface area contributed by atoms with Crippen LogP contribution in [0.25, 0.3) is 0 Å². The zero-order chi connectivity index (χ0) is 13.5. The van der Waals surface area contributed by atoms with Gasteiger partial charge in [-0.3, -0.25) is 9.78 Å². The minimum atomic E-state index is -0.0767. The van der Waals surface area contributed by atoms with Gasteiger partial charge in [0.15, 0.2) is 0 Å². The van der Waals surface area contributed by atoms with Crippen LogP contribution in [0, 0.1) is 0 Å². The van der Waals surface area contributed by atoms with Gasteiger partial charge < -0.3 is 10.6 Å². The Labute approximate surface area is 116 Å². The largest absolute Gasteiger partial charge is 0.383 e. The zero-order valence-corrected chi connectivity index (χ0v) is 11.7. The summed E-state index contributed by atoms with van der Waals surface area (Å²) in [6.45, 7) is 3.47. The monoisotopic (exact) mass is 275 g/mol. The van der Waals surface area contributed by atoms with Crippen LogP contribution in [0.3, 0.4) is 0 Å². The highest BCUT2D eigenvalue weighted by Gasteiger charge is 2.10. The molecule has 0 aliphatic carbocycles. The third-order valence-corrected chi connectivity index (χ3v) is 3.40. The molecule has 0 aliphatic heterocycles. The van der Waals surface area contributed by atoms with Gasteiger partial charge in [-0.1, -0.05) is 6.92 Å². The number of hydrogen-bond acceptors (Lipinski definition) is 4. The maximum absolute atomic E-state index is 12.1. The molecule has 0 aromatic carbocycles. The van der Waals surface area contributed by atoms with Crippen molar-refractivity contribution in [2.24, 2.45) is 0 Å². The molecule has 2 rings (SSSR count). The van der Waals surface area contributed by atoms with Crippen LogP contribution in [-0.4, -0.2) is 17.4 Å². The van der Waals surface area contributed by atoms with Crippen molar-refractivity contribution in [2.75, 3.05) is 11.9 Å². The van der Waals surface area contributed by atoms with Crippen molar-refractivity contribution in [3.8, 4) is 0 Å². The third kappa shape index (κ3) is 3.79. The second-order valence-corrected chi connectivity index (χ2v) is 4.94. The average Bonchev–Trinajstić information content (AvgIpc) is 2.96. The second kappa shape index (κ2) is 6.89. The van der Waals surface area contributed by atoms with E-state index in [1.54, 1.807) is 29.8 Å². The molecule has 0 fully saturated rings. The van der Waals surface area contributed by atoms with Crippen molar-refractivity contribution in [1.82, 2.24) is 10.3 Å². The Morgan fingerprint density at radius 3 is 3.05 bits per heavy atom. The molecule has 100 valence electrons. The number of thiophene rings is 1. The van der Waals surface area contributed by atoms with Crippen LogP contribution in [0.5, 0.6) is 0 Å². The molecule has 2 heterocycles. The van der Waals surface area contributed by atoms with Crippen LogP contribution in [0.2, 0.25) is 0 Å². The normalized spacial score (nSPS) is 10.2. The van der Waals surface area contributed by atoms with E-state index in [1.165, 1.54) is 0 Å². The summed E-state index contributed by atoms with van der Waals surface area (Å²) in [5, 5.41) is 10.2. The predicted octanol–water partition coefficient (Wildman–Crippen LogP) is 2.90. The summed E-state index contributed by atoms with van der Waals surface area (Å²) >= 11 is 1.63. The fourth-order valence-corrected chi connectivity index (χ4v) is 2.33. The van der Waals surface area contributed by atoms with E-state index < -0.39 is 0 Å². The second-order valence-electron chi connectivity index (χ2n) is 4.16. The molecule has 0 radical (unpaired) electrons. The van der Waals surface area contributed by atoms with Crippen molar-refractivity contribution >= 4 is 22.9 Å². The average molecular weight is 275 g/mol. The van der Waals surface area contributed by atoms with Gasteiger partial charge in [0.2, 0.25) is 0 Å². The quantitative estimate of drug-likeness (QED) is 0.852. The Kier molecular flexibility index (Phi) is 4.92. The maximum atomic E-state index is 12.1. The fraction of sp³-hybridized carbons (Fsp3) is 0.286. The van der Waals surface area contributed by atoms with Crippen molar-refractivity contribution in [2.45, 2.75) is 19.9 Å². The van der Waals surface area contributed by atoms with Gasteiger partial charge in [0, 0.05) is 19.3 Å². The smallest absolute Gasteiger partial charge is 0.253 e. The Morgan fingerprint density at radius 1 is 1.42 bits per heavy atom. The lowest BCUT2D eigenvalue weighted by Crippen LogP contribution is -2.24. The van der Waals surface area contributed by atoms with Crippen molar-refractivity contribution in [1.29, 1.82) is 0 Å². The van der Waals surface area contributed by atoms with Crippen molar-refractivity contribution in [3.05, 3.63) is 46.4 Å². The number of anilines is 1. The number of pyridine rings is 1. The summed E-state index contributed by atoms with van der Waals surface area (Å²) in [6.07, 6.45) is 4.33. The molecule has 19 heavy (non-hydrogen) atoms. The zero-order valence-electron chi connectivity index (χ0n) is 10.8. The summed E-state index contributed by atoms with van der Waals surface area (Å²) in [4.78, 5) is 16.2. The third-order valence-electron chi connectivity index (χ3n) is 2.66. The Hall–Kier alpha value is -1.88. The first-order chi connectivity index (χ1) is 9.31. The molecule has 4 nitrogen and oxygen atoms in total. The van der Waals surface area contributed by atoms with Gasteiger partial charge in [-0.25, -0.2) is 0 Å². The number of rotatable bonds is 6. The van der Waals surface area contributed by atoms with Crippen LogP contribution >= 0.6 is 11.3 Å². The van der Waals surface area contributed by atoms with Crippen molar-refractivity contribution in [3.63, 3.8) is 0 Å². The minimum absolute atomic E-state index is 0.0767. The molecule has 0 aliphatic rings. The van der Waals surface area contributed by atoms with Gasteiger partial charge in [-0.05, 0) is 34.9 Å². The van der Waals surface area contributed by atoms with Gasteiger partial charge in [-0.2, -0.15) is 11.3 Å². The summed E-state index contributed by atoms with van der Waals surface area (Å²) in [6, 6.07) is 3.74. The lowest BCUT2D eigenvalue weighted by atomic mass is 10.2. The molecular formula is C14H17N3OS. The molecule has 0 unspecified atom stereocenters. The van der Waals surface area contributed by atoms with E-state index in [9.17, 15) is 4.79 Å². The summed E-state index contributed by atoms with van der Waals surface area (Å²) in [7, 11) is 0. The van der Waals surface area contributed by atoms with E-state index in [0.717, 1.165) is 24.2 Å². The number of carbonyl (C=O) groups excluding carboxylic acids is 1. The highest BCUT2D eigenvalue weighted by Crippen LogP contribution is 2.13. The number of nitrogens with zero attached hydrogens (tertiary/aromatic N) is 1. The molecular weight excluding hydrogens is 258 g/mol. The van der Waals surface area contributed by atoms with E-state index in [-0.39, 0.29) is 5.91 Å². The first-order valence-corrected chi connectivity index (χ1v) is 7.22. The number of hydrogen-bond donors (Lipinski definition) is 2. The molecule has 0 spiro atoms. The van der Waals surface area contributed by atoms with E-state index in [4.69, 9.17) is 0 Å². The molecule has 0 saturated carbocycles. The van der Waals surface area contributed by atoms with Gasteiger partial charge in [0.1, 0.15) is 0 Å². The van der Waals surface area contributed by atoms with E-state index in [0.29, 0.717) is 12.1 Å². The lowest BCUT2D eigenvalue weighted by Gasteiger charge is -2.10. The topological polar surface area (TPSA) is 54.0 Å². The first kappa shape index (κ1) is 13.5. The molecule has 2 aromatic heterocycles. The summed E-state index contributed by atoms with van der Waals surface area (Å²) in [5.74, 6) is -0.0767. The maximum Gasteiger partial charge on any atom is 0.253 e. The van der Waals surface area contributed by atoms with Crippen molar-refractivity contribution < 1.29 is 4.79 Å². The Bertz CT molecular complexity index is 525. The molecule has 0 saturated heterocycles. The Balaban J connectivity index is 2.01. The minimum Gasteiger partial charge on any atom is -0.383 e. The highest BCUT2D eigenvalue weighted by molar-refractivity contribution is 7.07. The molecule has 1 amide bonds. The fourth-order valence-electron chi connectivity index (χ4n) is 1.66. The molecule has 0 bridgehead atoms. The van der Waals surface area contributed by atoms with Gasteiger partial charge >= 0.3 is 0 Å². The highest BCUT2D eigenvalue weighted by atomic mass is 32.1.